The SMILES string of the molecule is CN(c1cncc(-c2cncc3sccc23)n1)C1CCNCC1. The number of anilines is 1. The molecule has 1 saturated heterocycles. The first-order chi connectivity index (χ1) is 11.3. The van der Waals surface area contributed by atoms with Crippen molar-refractivity contribution in [2.75, 3.05) is 25.0 Å². The minimum absolute atomic E-state index is 0.524. The number of nitrogens with one attached hydrogen (secondary N) is 1. The van der Waals surface area contributed by atoms with E-state index >= 15 is 0 Å². The molecule has 0 radical (unpaired) electrons. The molecule has 1 aliphatic rings. The van der Waals surface area contributed by atoms with Gasteiger partial charge >= 0.3 is 0 Å². The maximum Gasteiger partial charge on any atom is 0.147 e. The van der Waals surface area contributed by atoms with Gasteiger partial charge in [0.25, 0.3) is 0 Å². The zero-order valence-corrected chi connectivity index (χ0v) is 13.9. The van der Waals surface area contributed by atoms with E-state index in [1.165, 1.54) is 10.1 Å². The van der Waals surface area contributed by atoms with Gasteiger partial charge < -0.3 is 10.2 Å². The number of fused-ring (bicyclic) bond motifs is 1. The third-order valence-electron chi connectivity index (χ3n) is 4.50. The van der Waals surface area contributed by atoms with E-state index in [2.05, 4.69) is 38.7 Å². The van der Waals surface area contributed by atoms with Crippen LogP contribution in [-0.2, 0) is 0 Å². The smallest absolute Gasteiger partial charge is 0.147 e. The summed E-state index contributed by atoms with van der Waals surface area (Å²) in [4.78, 5) is 15.9. The average Bonchev–Trinajstić information content (AvgIpc) is 3.10. The van der Waals surface area contributed by atoms with Crippen LogP contribution in [0.3, 0.4) is 0 Å². The Bertz CT molecular complexity index is 809. The monoisotopic (exact) mass is 325 g/mol. The van der Waals surface area contributed by atoms with Crippen molar-refractivity contribution in [1.82, 2.24) is 20.3 Å². The molecule has 0 aliphatic carbocycles. The molecule has 0 spiro atoms. The van der Waals surface area contributed by atoms with Crippen LogP contribution in [0, 0.1) is 0 Å². The van der Waals surface area contributed by atoms with E-state index in [-0.39, 0.29) is 0 Å². The van der Waals surface area contributed by atoms with Crippen LogP contribution in [-0.4, -0.2) is 41.1 Å². The fourth-order valence-electron chi connectivity index (χ4n) is 3.13. The summed E-state index contributed by atoms with van der Waals surface area (Å²) >= 11 is 1.70. The highest BCUT2D eigenvalue weighted by Gasteiger charge is 2.19. The first-order valence-corrected chi connectivity index (χ1v) is 8.78. The lowest BCUT2D eigenvalue weighted by Gasteiger charge is -2.32. The molecule has 23 heavy (non-hydrogen) atoms. The molecular formula is C17H19N5S. The maximum atomic E-state index is 4.86. The number of hydrogen-bond acceptors (Lipinski definition) is 6. The molecule has 1 N–H and O–H groups in total. The van der Waals surface area contributed by atoms with Crippen LogP contribution in [0.15, 0.2) is 36.2 Å². The molecule has 4 rings (SSSR count). The second-order valence-corrected chi connectivity index (χ2v) is 6.82. The fraction of sp³-hybridized carbons (Fsp3) is 0.353. The van der Waals surface area contributed by atoms with Gasteiger partial charge in [-0.1, -0.05) is 0 Å². The lowest BCUT2D eigenvalue weighted by atomic mass is 10.1. The fourth-order valence-corrected chi connectivity index (χ4v) is 3.91. The van der Waals surface area contributed by atoms with Crippen LogP contribution in [0.1, 0.15) is 12.8 Å². The van der Waals surface area contributed by atoms with Crippen molar-refractivity contribution in [1.29, 1.82) is 0 Å². The second-order valence-electron chi connectivity index (χ2n) is 5.87. The molecule has 0 atom stereocenters. The summed E-state index contributed by atoms with van der Waals surface area (Å²) in [6, 6.07) is 2.65. The molecule has 1 fully saturated rings. The normalized spacial score (nSPS) is 15.9. The van der Waals surface area contributed by atoms with Gasteiger partial charge in [-0.05, 0) is 37.4 Å². The van der Waals surface area contributed by atoms with Gasteiger partial charge in [0.15, 0.2) is 0 Å². The molecule has 3 aromatic rings. The second kappa shape index (κ2) is 6.22. The van der Waals surface area contributed by atoms with Crippen molar-refractivity contribution < 1.29 is 0 Å². The Balaban J connectivity index is 1.69. The summed E-state index contributed by atoms with van der Waals surface area (Å²) in [5, 5.41) is 6.69. The standard InChI is InChI=1S/C17H19N5S/c1-22(12-2-5-18-6-3-12)17-11-20-9-15(21-17)14-8-19-10-16-13(14)4-7-23-16/h4,7-12,18H,2-3,5-6H2,1H3. The van der Waals surface area contributed by atoms with E-state index in [4.69, 9.17) is 4.98 Å². The third-order valence-corrected chi connectivity index (χ3v) is 5.35. The summed E-state index contributed by atoms with van der Waals surface area (Å²) in [6.45, 7) is 2.14. The van der Waals surface area contributed by atoms with E-state index in [1.54, 1.807) is 11.3 Å². The van der Waals surface area contributed by atoms with E-state index in [9.17, 15) is 0 Å². The molecule has 0 saturated carbocycles. The summed E-state index contributed by atoms with van der Waals surface area (Å²) < 4.78 is 1.18. The highest BCUT2D eigenvalue weighted by molar-refractivity contribution is 7.17. The Hall–Kier alpha value is -2.05. The van der Waals surface area contributed by atoms with Gasteiger partial charge in [-0.15, -0.1) is 11.3 Å². The number of pyridine rings is 1. The average molecular weight is 325 g/mol. The number of rotatable bonds is 3. The lowest BCUT2D eigenvalue weighted by molar-refractivity contribution is 0.441. The highest BCUT2D eigenvalue weighted by Crippen LogP contribution is 2.30. The Kier molecular flexibility index (Phi) is 3.93. The number of aromatic nitrogens is 3. The molecule has 0 unspecified atom stereocenters. The molecule has 1 aliphatic heterocycles. The topological polar surface area (TPSA) is 53.9 Å². The highest BCUT2D eigenvalue weighted by atomic mass is 32.1. The molecule has 0 aromatic carbocycles. The molecule has 3 aromatic heterocycles. The zero-order valence-electron chi connectivity index (χ0n) is 13.1. The van der Waals surface area contributed by atoms with Crippen molar-refractivity contribution in [2.24, 2.45) is 0 Å². The molecule has 0 amide bonds. The van der Waals surface area contributed by atoms with E-state index < -0.39 is 0 Å². The van der Waals surface area contributed by atoms with Crippen molar-refractivity contribution in [2.45, 2.75) is 18.9 Å². The van der Waals surface area contributed by atoms with Crippen molar-refractivity contribution in [3.63, 3.8) is 0 Å². The van der Waals surface area contributed by atoms with Crippen molar-refractivity contribution in [3.05, 3.63) is 36.2 Å². The molecule has 6 heteroatoms. The van der Waals surface area contributed by atoms with Gasteiger partial charge in [-0.25, -0.2) is 4.98 Å². The summed E-state index contributed by atoms with van der Waals surface area (Å²) in [5.41, 5.74) is 1.94. The minimum Gasteiger partial charge on any atom is -0.355 e. The number of nitrogens with zero attached hydrogens (tertiary/aromatic N) is 4. The summed E-state index contributed by atoms with van der Waals surface area (Å²) in [5.74, 6) is 0.932. The Labute approximate surface area is 139 Å². The Morgan fingerprint density at radius 1 is 1.13 bits per heavy atom. The lowest BCUT2D eigenvalue weighted by Crippen LogP contribution is -2.41. The largest absolute Gasteiger partial charge is 0.355 e. The van der Waals surface area contributed by atoms with Gasteiger partial charge in [0.2, 0.25) is 0 Å². The molecule has 4 heterocycles. The predicted octanol–water partition coefficient (Wildman–Crippen LogP) is 2.94. The van der Waals surface area contributed by atoms with Crippen molar-refractivity contribution in [3.8, 4) is 11.3 Å². The van der Waals surface area contributed by atoms with Crippen LogP contribution < -0.4 is 10.2 Å². The summed E-state index contributed by atoms with van der Waals surface area (Å²) in [7, 11) is 2.12. The van der Waals surface area contributed by atoms with Gasteiger partial charge in [0.05, 0.1) is 22.8 Å². The van der Waals surface area contributed by atoms with Crippen LogP contribution in [0.4, 0.5) is 5.82 Å². The van der Waals surface area contributed by atoms with Crippen LogP contribution >= 0.6 is 11.3 Å². The van der Waals surface area contributed by atoms with Crippen LogP contribution in [0.25, 0.3) is 21.3 Å². The Morgan fingerprint density at radius 2 is 1.96 bits per heavy atom. The maximum absolute atomic E-state index is 4.86. The van der Waals surface area contributed by atoms with Crippen LogP contribution in [0.5, 0.6) is 0 Å². The van der Waals surface area contributed by atoms with Gasteiger partial charge in [0, 0.05) is 36.4 Å². The molecule has 118 valence electrons. The first kappa shape index (κ1) is 14.5. The van der Waals surface area contributed by atoms with Gasteiger partial charge in [-0.2, -0.15) is 0 Å². The predicted molar refractivity (Wildman–Crippen MR) is 94.9 cm³/mol. The Morgan fingerprint density at radius 3 is 2.83 bits per heavy atom. The third kappa shape index (κ3) is 2.80. The minimum atomic E-state index is 0.524. The number of thiophene rings is 1. The molecular weight excluding hydrogens is 306 g/mol. The first-order valence-electron chi connectivity index (χ1n) is 7.90. The van der Waals surface area contributed by atoms with E-state index in [1.807, 2.05) is 24.8 Å². The molecule has 0 bridgehead atoms. The summed E-state index contributed by atoms with van der Waals surface area (Å²) in [6.07, 6.45) is 9.75. The number of hydrogen-bond donors (Lipinski definition) is 1. The number of piperidine rings is 1. The van der Waals surface area contributed by atoms with Gasteiger partial charge in [-0.3, -0.25) is 9.97 Å². The van der Waals surface area contributed by atoms with Crippen LogP contribution in [0.2, 0.25) is 0 Å². The zero-order chi connectivity index (χ0) is 15.6. The quantitative estimate of drug-likeness (QED) is 0.802. The van der Waals surface area contributed by atoms with E-state index in [0.717, 1.165) is 43.0 Å². The van der Waals surface area contributed by atoms with E-state index in [0.29, 0.717) is 6.04 Å². The molecule has 5 nitrogen and oxygen atoms in total. The van der Waals surface area contributed by atoms with Gasteiger partial charge in [0.1, 0.15) is 5.82 Å². The van der Waals surface area contributed by atoms with Crippen molar-refractivity contribution >= 4 is 27.2 Å².